The molecule has 0 aliphatic heterocycles. The van der Waals surface area contributed by atoms with Gasteiger partial charge in [-0.25, -0.2) is 4.98 Å². The molecule has 0 saturated heterocycles. The Morgan fingerprint density at radius 1 is 1.11 bits per heavy atom. The molecule has 1 aromatic heterocycles. The summed E-state index contributed by atoms with van der Waals surface area (Å²) in [5.74, 6) is 0.498. The van der Waals surface area contributed by atoms with E-state index in [-0.39, 0.29) is 5.82 Å². The van der Waals surface area contributed by atoms with Crippen molar-refractivity contribution in [1.82, 2.24) is 9.97 Å². The molecule has 0 fully saturated rings. The molecule has 0 radical (unpaired) electrons. The Morgan fingerprint density at radius 2 is 1.79 bits per heavy atom. The quantitative estimate of drug-likeness (QED) is 0.796. The van der Waals surface area contributed by atoms with Crippen LogP contribution in [0.15, 0.2) is 36.4 Å². The van der Waals surface area contributed by atoms with Crippen LogP contribution in [0.2, 0.25) is 0 Å². The molecule has 0 aliphatic rings. The molecular formula is C13H11Cl3N2O. The lowest BCUT2D eigenvalue weighted by molar-refractivity contribution is 0.292. The molecule has 2 aromatic rings. The second-order valence-electron chi connectivity index (χ2n) is 3.94. The Labute approximate surface area is 126 Å². The number of ether oxygens (including phenoxy) is 1. The van der Waals surface area contributed by atoms with Gasteiger partial charge in [-0.15, -0.1) is 0 Å². The maximum atomic E-state index is 5.77. The van der Waals surface area contributed by atoms with Gasteiger partial charge in [0.15, 0.2) is 5.82 Å². The Balaban J connectivity index is 2.15. The third-order valence-electron chi connectivity index (χ3n) is 2.31. The molecule has 0 aliphatic carbocycles. The molecule has 0 saturated carbocycles. The monoisotopic (exact) mass is 316 g/mol. The largest absolute Gasteiger partial charge is 0.473 e. The van der Waals surface area contributed by atoms with Gasteiger partial charge in [-0.3, -0.25) is 0 Å². The molecule has 0 N–H and O–H groups in total. The van der Waals surface area contributed by atoms with Crippen molar-refractivity contribution in [2.75, 3.05) is 0 Å². The van der Waals surface area contributed by atoms with E-state index in [1.54, 1.807) is 13.0 Å². The zero-order valence-electron chi connectivity index (χ0n) is 10.1. The number of aryl methyl sites for hydroxylation is 1. The van der Waals surface area contributed by atoms with Gasteiger partial charge in [-0.2, -0.15) is 4.98 Å². The molecule has 0 unspecified atom stereocenters. The number of nitrogens with zero attached hydrogens (tertiary/aromatic N) is 2. The third kappa shape index (κ3) is 4.23. The highest BCUT2D eigenvalue weighted by Gasteiger charge is 2.27. The van der Waals surface area contributed by atoms with E-state index in [1.165, 1.54) is 0 Å². The summed E-state index contributed by atoms with van der Waals surface area (Å²) < 4.78 is 3.93. The molecule has 3 nitrogen and oxygen atoms in total. The lowest BCUT2D eigenvalue weighted by Gasteiger charge is -2.12. The Kier molecular flexibility index (Phi) is 4.50. The number of hydrogen-bond acceptors (Lipinski definition) is 3. The van der Waals surface area contributed by atoms with Gasteiger partial charge in [-0.1, -0.05) is 65.1 Å². The molecule has 0 spiro atoms. The SMILES string of the molecule is Cc1cc(OCc2ccccc2)nc(C(Cl)(Cl)Cl)n1. The zero-order valence-corrected chi connectivity index (χ0v) is 12.4. The smallest absolute Gasteiger partial charge is 0.250 e. The molecule has 0 atom stereocenters. The van der Waals surface area contributed by atoms with Crippen LogP contribution >= 0.6 is 34.8 Å². The minimum absolute atomic E-state index is 0.112. The van der Waals surface area contributed by atoms with Crippen LogP contribution in [-0.4, -0.2) is 9.97 Å². The van der Waals surface area contributed by atoms with Crippen molar-refractivity contribution in [1.29, 1.82) is 0 Å². The molecule has 100 valence electrons. The highest BCUT2D eigenvalue weighted by atomic mass is 35.6. The van der Waals surface area contributed by atoms with Crippen LogP contribution < -0.4 is 4.74 Å². The molecule has 1 heterocycles. The second kappa shape index (κ2) is 5.95. The predicted molar refractivity (Wildman–Crippen MR) is 76.8 cm³/mol. The van der Waals surface area contributed by atoms with E-state index in [0.717, 1.165) is 5.56 Å². The number of hydrogen-bond donors (Lipinski definition) is 0. The van der Waals surface area contributed by atoms with Crippen molar-refractivity contribution < 1.29 is 4.74 Å². The van der Waals surface area contributed by atoms with Crippen LogP contribution in [0.3, 0.4) is 0 Å². The average molecular weight is 318 g/mol. The van der Waals surface area contributed by atoms with Crippen molar-refractivity contribution in [3.63, 3.8) is 0 Å². The van der Waals surface area contributed by atoms with Gasteiger partial charge < -0.3 is 4.74 Å². The number of halogens is 3. The zero-order chi connectivity index (χ0) is 13.9. The summed E-state index contributed by atoms with van der Waals surface area (Å²) in [6, 6.07) is 11.4. The van der Waals surface area contributed by atoms with Crippen LogP contribution in [0.25, 0.3) is 0 Å². The van der Waals surface area contributed by atoms with E-state index in [4.69, 9.17) is 39.5 Å². The number of aromatic nitrogens is 2. The van der Waals surface area contributed by atoms with Crippen molar-refractivity contribution in [3.8, 4) is 5.88 Å². The fourth-order valence-electron chi connectivity index (χ4n) is 1.47. The Morgan fingerprint density at radius 3 is 2.42 bits per heavy atom. The first-order valence-corrected chi connectivity index (χ1v) is 6.68. The molecule has 2 rings (SSSR count). The van der Waals surface area contributed by atoms with E-state index in [9.17, 15) is 0 Å². The average Bonchev–Trinajstić information content (AvgIpc) is 2.36. The first-order valence-electron chi connectivity index (χ1n) is 5.55. The fourth-order valence-corrected chi connectivity index (χ4v) is 1.73. The normalized spacial score (nSPS) is 11.4. The fraction of sp³-hybridized carbons (Fsp3) is 0.231. The molecule has 19 heavy (non-hydrogen) atoms. The van der Waals surface area contributed by atoms with E-state index >= 15 is 0 Å². The van der Waals surface area contributed by atoms with E-state index < -0.39 is 3.79 Å². The Bertz CT molecular complexity index is 556. The molecule has 0 amide bonds. The summed E-state index contributed by atoms with van der Waals surface area (Å²) in [7, 11) is 0. The van der Waals surface area contributed by atoms with Crippen LogP contribution in [-0.2, 0) is 10.4 Å². The number of benzene rings is 1. The van der Waals surface area contributed by atoms with Crippen molar-refractivity contribution in [3.05, 3.63) is 53.5 Å². The lowest BCUT2D eigenvalue weighted by atomic mass is 10.2. The minimum Gasteiger partial charge on any atom is -0.473 e. The van der Waals surface area contributed by atoms with Crippen molar-refractivity contribution in [2.24, 2.45) is 0 Å². The minimum atomic E-state index is -1.66. The molecular weight excluding hydrogens is 307 g/mol. The third-order valence-corrected chi connectivity index (χ3v) is 2.82. The predicted octanol–water partition coefficient (Wildman–Crippen LogP) is 4.19. The van der Waals surface area contributed by atoms with Crippen LogP contribution in [0.4, 0.5) is 0 Å². The van der Waals surface area contributed by atoms with Gasteiger partial charge in [0, 0.05) is 11.8 Å². The highest BCUT2D eigenvalue weighted by molar-refractivity contribution is 6.66. The maximum absolute atomic E-state index is 5.77. The molecule has 1 aromatic carbocycles. The number of rotatable bonds is 3. The summed E-state index contributed by atoms with van der Waals surface area (Å²) in [5, 5.41) is 0. The van der Waals surface area contributed by atoms with Crippen LogP contribution in [0, 0.1) is 6.92 Å². The lowest BCUT2D eigenvalue weighted by Crippen LogP contribution is -2.10. The summed E-state index contributed by atoms with van der Waals surface area (Å²) in [6.07, 6.45) is 0. The van der Waals surface area contributed by atoms with E-state index in [1.807, 2.05) is 30.3 Å². The van der Waals surface area contributed by atoms with E-state index in [0.29, 0.717) is 18.2 Å². The first-order chi connectivity index (χ1) is 8.95. The summed E-state index contributed by atoms with van der Waals surface area (Å²) in [5.41, 5.74) is 1.72. The van der Waals surface area contributed by atoms with Gasteiger partial charge in [0.1, 0.15) is 6.61 Å². The van der Waals surface area contributed by atoms with Crippen molar-refractivity contribution in [2.45, 2.75) is 17.3 Å². The van der Waals surface area contributed by atoms with Crippen LogP contribution in [0.1, 0.15) is 17.1 Å². The summed E-state index contributed by atoms with van der Waals surface area (Å²) >= 11 is 17.3. The van der Waals surface area contributed by atoms with Gasteiger partial charge >= 0.3 is 0 Å². The van der Waals surface area contributed by atoms with Crippen molar-refractivity contribution >= 4 is 34.8 Å². The first kappa shape index (κ1) is 14.4. The van der Waals surface area contributed by atoms with Gasteiger partial charge in [-0.05, 0) is 12.5 Å². The van der Waals surface area contributed by atoms with Gasteiger partial charge in [0.2, 0.25) is 9.67 Å². The summed E-state index contributed by atoms with van der Waals surface area (Å²) in [4.78, 5) is 8.16. The molecule has 6 heteroatoms. The van der Waals surface area contributed by atoms with Gasteiger partial charge in [0.25, 0.3) is 0 Å². The topological polar surface area (TPSA) is 35.0 Å². The maximum Gasteiger partial charge on any atom is 0.250 e. The molecule has 0 bridgehead atoms. The highest BCUT2D eigenvalue weighted by Crippen LogP contribution is 2.36. The van der Waals surface area contributed by atoms with E-state index in [2.05, 4.69) is 9.97 Å². The second-order valence-corrected chi connectivity index (χ2v) is 6.22. The standard InChI is InChI=1S/C13H11Cl3N2O/c1-9-7-11(18-12(17-9)13(14,15)16)19-8-10-5-3-2-4-6-10/h2-7H,8H2,1H3. The van der Waals surface area contributed by atoms with Gasteiger partial charge in [0.05, 0.1) is 0 Å². The number of alkyl halides is 3. The van der Waals surface area contributed by atoms with Crippen LogP contribution in [0.5, 0.6) is 5.88 Å². The summed E-state index contributed by atoms with van der Waals surface area (Å²) in [6.45, 7) is 2.19. The Hall–Kier alpha value is -1.03.